The molecule has 1 aromatic carbocycles. The Labute approximate surface area is 202 Å². The number of nitrogens with zero attached hydrogens (tertiary/aromatic N) is 7. The topological polar surface area (TPSA) is 164 Å². The van der Waals surface area contributed by atoms with Crippen molar-refractivity contribution in [3.63, 3.8) is 0 Å². The van der Waals surface area contributed by atoms with Crippen LogP contribution < -0.4 is 15.4 Å². The highest BCUT2D eigenvalue weighted by molar-refractivity contribution is 6.07. The van der Waals surface area contributed by atoms with Gasteiger partial charge in [-0.3, -0.25) is 29.1 Å². The van der Waals surface area contributed by atoms with Crippen molar-refractivity contribution in [1.29, 1.82) is 0 Å². The van der Waals surface area contributed by atoms with Crippen LogP contribution in [0.2, 0.25) is 0 Å². The van der Waals surface area contributed by atoms with E-state index in [1.807, 2.05) is 0 Å². The Morgan fingerprint density at radius 2 is 1.97 bits per heavy atom. The Balaban J connectivity index is 1.40. The molecule has 0 atom stereocenters. The number of ether oxygens (including phenoxy) is 1. The quantitative estimate of drug-likeness (QED) is 0.260. The number of nitro benzene ring substituents is 1. The van der Waals surface area contributed by atoms with Gasteiger partial charge < -0.3 is 15.4 Å². The van der Waals surface area contributed by atoms with Gasteiger partial charge in [-0.05, 0) is 12.1 Å². The van der Waals surface area contributed by atoms with Gasteiger partial charge in [0.15, 0.2) is 12.4 Å². The number of carbonyl (C=O) groups is 2. The van der Waals surface area contributed by atoms with E-state index >= 15 is 0 Å². The minimum Gasteiger partial charge on any atom is -0.464 e. The molecule has 0 bridgehead atoms. The van der Waals surface area contributed by atoms with Crippen LogP contribution in [0.1, 0.15) is 26.5 Å². The lowest BCUT2D eigenvalue weighted by molar-refractivity contribution is -0.386. The van der Waals surface area contributed by atoms with E-state index in [0.717, 1.165) is 23.8 Å². The lowest BCUT2D eigenvalue weighted by Gasteiger charge is -2.08. The van der Waals surface area contributed by atoms with Crippen LogP contribution in [0.25, 0.3) is 0 Å². The van der Waals surface area contributed by atoms with E-state index in [-0.39, 0.29) is 36.1 Å². The second kappa shape index (κ2) is 10.0. The second-order valence-electron chi connectivity index (χ2n) is 7.57. The van der Waals surface area contributed by atoms with Crippen molar-refractivity contribution >= 4 is 23.2 Å². The van der Waals surface area contributed by atoms with Crippen molar-refractivity contribution in [2.24, 2.45) is 14.1 Å². The molecule has 0 aliphatic rings. The highest BCUT2D eigenvalue weighted by Crippen LogP contribution is 2.27. The molecule has 3 aromatic heterocycles. The van der Waals surface area contributed by atoms with E-state index in [1.54, 1.807) is 31.2 Å². The Hall–Kier alpha value is -5.08. The van der Waals surface area contributed by atoms with Crippen molar-refractivity contribution in [2.75, 3.05) is 5.32 Å². The van der Waals surface area contributed by atoms with Crippen LogP contribution >= 0.6 is 0 Å². The first-order valence-corrected chi connectivity index (χ1v) is 10.4. The highest BCUT2D eigenvalue weighted by atomic mass is 19.1. The highest BCUT2D eigenvalue weighted by Gasteiger charge is 2.21. The number of nitrogens with one attached hydrogen (secondary N) is 2. The smallest absolute Gasteiger partial charge is 0.311 e. The predicted molar refractivity (Wildman–Crippen MR) is 121 cm³/mol. The summed E-state index contributed by atoms with van der Waals surface area (Å²) in [4.78, 5) is 35.8. The van der Waals surface area contributed by atoms with Crippen LogP contribution in [-0.4, -0.2) is 46.1 Å². The predicted octanol–water partition coefficient (Wildman–Crippen LogP) is 1.62. The summed E-state index contributed by atoms with van der Waals surface area (Å²) in [5, 5.41) is 28.6. The minimum absolute atomic E-state index is 0.0158. The van der Waals surface area contributed by atoms with Gasteiger partial charge in [-0.25, -0.2) is 9.07 Å². The maximum Gasteiger partial charge on any atom is 0.311 e. The molecule has 15 heteroatoms. The van der Waals surface area contributed by atoms with Crippen LogP contribution in [0.15, 0.2) is 49.1 Å². The zero-order valence-electron chi connectivity index (χ0n) is 19.1. The molecular weight excluding hydrogens is 477 g/mol. The third-order valence-corrected chi connectivity index (χ3v) is 4.96. The fourth-order valence-corrected chi connectivity index (χ4v) is 3.26. The normalized spacial score (nSPS) is 10.8. The van der Waals surface area contributed by atoms with E-state index in [2.05, 4.69) is 25.9 Å². The van der Waals surface area contributed by atoms with Crippen molar-refractivity contribution in [3.05, 3.63) is 81.9 Å². The number of hydrogen-bond acceptors (Lipinski definition) is 8. The number of hydrogen-bond donors (Lipinski definition) is 2. The largest absolute Gasteiger partial charge is 0.464 e. The van der Waals surface area contributed by atoms with Crippen molar-refractivity contribution < 1.29 is 23.6 Å². The first-order chi connectivity index (χ1) is 17.2. The van der Waals surface area contributed by atoms with Crippen molar-refractivity contribution in [1.82, 2.24) is 34.7 Å². The lowest BCUT2D eigenvalue weighted by Crippen LogP contribution is -2.26. The number of aryl methyl sites for hydroxylation is 2. The summed E-state index contributed by atoms with van der Waals surface area (Å²) in [6.45, 7) is -0.0778. The van der Waals surface area contributed by atoms with E-state index in [0.29, 0.717) is 0 Å². The number of rotatable bonds is 9. The van der Waals surface area contributed by atoms with Gasteiger partial charge in [0.2, 0.25) is 5.75 Å². The molecule has 0 unspecified atom stereocenters. The van der Waals surface area contributed by atoms with Gasteiger partial charge in [-0.2, -0.15) is 15.3 Å². The van der Waals surface area contributed by atoms with Crippen molar-refractivity contribution in [3.8, 4) is 5.75 Å². The van der Waals surface area contributed by atoms with Crippen LogP contribution in [0.5, 0.6) is 5.75 Å². The third kappa shape index (κ3) is 5.35. The van der Waals surface area contributed by atoms with Gasteiger partial charge in [0, 0.05) is 50.7 Å². The van der Waals surface area contributed by atoms with Crippen LogP contribution in [0.3, 0.4) is 0 Å². The molecule has 0 aliphatic carbocycles. The maximum atomic E-state index is 13.5. The first kappa shape index (κ1) is 24.1. The molecule has 0 saturated heterocycles. The molecule has 4 aromatic rings. The molecule has 14 nitrogen and oxygen atoms in total. The number of aromatic nitrogens is 6. The minimum atomic E-state index is -0.701. The first-order valence-electron chi connectivity index (χ1n) is 10.4. The SMILES string of the molecule is Cn1cc(CNC(=O)c2c(NC(=O)c3ccn(COc4cc(F)ccc4[N+](=O)[O-])n3)cnn2C)cn1. The molecule has 0 saturated carbocycles. The third-order valence-electron chi connectivity index (χ3n) is 4.96. The molecule has 0 radical (unpaired) electrons. The zero-order chi connectivity index (χ0) is 25.8. The lowest BCUT2D eigenvalue weighted by atomic mass is 10.3. The summed E-state index contributed by atoms with van der Waals surface area (Å²) in [6, 6.07) is 4.22. The summed E-state index contributed by atoms with van der Waals surface area (Å²) >= 11 is 0. The van der Waals surface area contributed by atoms with Crippen LogP contribution in [-0.2, 0) is 27.4 Å². The maximum absolute atomic E-state index is 13.5. The Morgan fingerprint density at radius 1 is 1.17 bits per heavy atom. The number of halogens is 1. The molecule has 2 amide bonds. The summed E-state index contributed by atoms with van der Waals surface area (Å²) in [7, 11) is 3.32. The zero-order valence-corrected chi connectivity index (χ0v) is 19.1. The summed E-state index contributed by atoms with van der Waals surface area (Å²) < 4.78 is 22.9. The standard InChI is InChI=1S/C21H20FN9O5/c1-28-11-13(9-24-28)8-23-21(33)19-16(10-25-29(19)2)26-20(32)15-5-6-30(27-15)12-36-18-7-14(22)3-4-17(18)31(34)35/h3-7,9-11H,8,12H2,1-2H3,(H,23,33)(H,26,32). The van der Waals surface area contributed by atoms with Gasteiger partial charge in [0.25, 0.3) is 11.8 Å². The monoisotopic (exact) mass is 497 g/mol. The molecule has 0 spiro atoms. The molecular formula is C21H20FN9O5. The fraction of sp³-hybridized carbons (Fsp3) is 0.190. The van der Waals surface area contributed by atoms with Crippen LogP contribution in [0.4, 0.5) is 15.8 Å². The van der Waals surface area contributed by atoms with E-state index in [9.17, 15) is 24.1 Å². The van der Waals surface area contributed by atoms with Gasteiger partial charge >= 0.3 is 5.69 Å². The molecule has 4 rings (SSSR count). The molecule has 36 heavy (non-hydrogen) atoms. The number of nitro groups is 1. The van der Waals surface area contributed by atoms with E-state index in [1.165, 1.54) is 27.8 Å². The van der Waals surface area contributed by atoms with Gasteiger partial charge in [0.1, 0.15) is 11.5 Å². The second-order valence-corrected chi connectivity index (χ2v) is 7.57. The summed E-state index contributed by atoms with van der Waals surface area (Å²) in [6.07, 6.45) is 6.13. The molecule has 0 fully saturated rings. The van der Waals surface area contributed by atoms with Crippen LogP contribution in [0, 0.1) is 15.9 Å². The molecule has 3 heterocycles. The average Bonchev–Trinajstić information content (AvgIpc) is 3.56. The molecule has 2 N–H and O–H groups in total. The van der Waals surface area contributed by atoms with Gasteiger partial charge in [0.05, 0.1) is 23.0 Å². The molecule has 0 aliphatic heterocycles. The summed E-state index contributed by atoms with van der Waals surface area (Å²) in [5.74, 6) is -2.06. The van der Waals surface area contributed by atoms with Crippen molar-refractivity contribution in [2.45, 2.75) is 13.3 Å². The van der Waals surface area contributed by atoms with E-state index < -0.39 is 28.2 Å². The summed E-state index contributed by atoms with van der Waals surface area (Å²) in [5.41, 5.74) is 0.682. The fourth-order valence-electron chi connectivity index (χ4n) is 3.26. The van der Waals surface area contributed by atoms with E-state index in [4.69, 9.17) is 4.74 Å². The Bertz CT molecular complexity index is 1440. The number of benzene rings is 1. The molecule has 186 valence electrons. The van der Waals surface area contributed by atoms with Gasteiger partial charge in [-0.1, -0.05) is 0 Å². The Kier molecular flexibility index (Phi) is 6.71. The number of anilines is 1. The number of carbonyl (C=O) groups excluding carboxylic acids is 2. The average molecular weight is 497 g/mol. The Morgan fingerprint density at radius 3 is 2.69 bits per heavy atom. The number of amides is 2. The van der Waals surface area contributed by atoms with Gasteiger partial charge in [-0.15, -0.1) is 0 Å².